The van der Waals surface area contributed by atoms with E-state index in [9.17, 15) is 12.8 Å². The summed E-state index contributed by atoms with van der Waals surface area (Å²) in [5, 5.41) is 0. The first-order valence-corrected chi connectivity index (χ1v) is 8.35. The highest BCUT2D eigenvalue weighted by Gasteiger charge is 2.13. The third kappa shape index (κ3) is 3.64. The molecule has 0 unspecified atom stereocenters. The fourth-order valence-corrected chi connectivity index (χ4v) is 3.09. The minimum Gasteiger partial charge on any atom is -0.306 e. The van der Waals surface area contributed by atoms with Crippen molar-refractivity contribution in [2.45, 2.75) is 11.4 Å². The minimum atomic E-state index is -3.66. The second kappa shape index (κ2) is 6.31. The average Bonchev–Trinajstić information content (AvgIpc) is 3.08. The number of rotatable bonds is 5. The molecule has 7 heteroatoms. The van der Waals surface area contributed by atoms with Crippen molar-refractivity contribution in [2.24, 2.45) is 0 Å². The minimum absolute atomic E-state index is 0.0361. The first-order chi connectivity index (χ1) is 11.0. The second-order valence-corrected chi connectivity index (χ2v) is 6.68. The molecule has 0 saturated heterocycles. The molecule has 2 aromatic carbocycles. The maximum Gasteiger partial charge on any atom is 0.240 e. The number of benzene rings is 2. The number of hydrogen-bond acceptors (Lipinski definition) is 3. The Bertz CT molecular complexity index is 874. The van der Waals surface area contributed by atoms with Crippen LogP contribution in [0.2, 0.25) is 0 Å². The Morgan fingerprint density at radius 2 is 1.74 bits per heavy atom. The molecule has 0 radical (unpaired) electrons. The van der Waals surface area contributed by atoms with Gasteiger partial charge in [-0.3, -0.25) is 0 Å². The molecular formula is C16H14FN3O2S. The molecular weight excluding hydrogens is 317 g/mol. The summed E-state index contributed by atoms with van der Waals surface area (Å²) in [5.41, 5.74) is 1.76. The summed E-state index contributed by atoms with van der Waals surface area (Å²) in [6.07, 6.45) is 5.20. The number of nitrogens with zero attached hydrogens (tertiary/aromatic N) is 2. The van der Waals surface area contributed by atoms with Crippen molar-refractivity contribution in [3.05, 3.63) is 78.6 Å². The SMILES string of the molecule is O=S(=O)(NCc1ccc(-n2ccnc2)cc1)c1ccc(F)cc1. The van der Waals surface area contributed by atoms with Crippen LogP contribution >= 0.6 is 0 Å². The van der Waals surface area contributed by atoms with Crippen LogP contribution in [-0.2, 0) is 16.6 Å². The Morgan fingerprint density at radius 1 is 1.04 bits per heavy atom. The van der Waals surface area contributed by atoms with Crippen LogP contribution in [0.25, 0.3) is 5.69 Å². The Morgan fingerprint density at radius 3 is 2.35 bits per heavy atom. The highest BCUT2D eigenvalue weighted by Crippen LogP contribution is 2.12. The zero-order valence-corrected chi connectivity index (χ0v) is 12.9. The number of aromatic nitrogens is 2. The summed E-state index contributed by atoms with van der Waals surface area (Å²) in [5.74, 6) is -0.473. The molecule has 1 N–H and O–H groups in total. The first-order valence-electron chi connectivity index (χ1n) is 6.87. The summed E-state index contributed by atoms with van der Waals surface area (Å²) in [6.45, 7) is 0.157. The maximum atomic E-state index is 12.9. The van der Waals surface area contributed by atoms with Crippen LogP contribution in [0.15, 0.2) is 72.1 Å². The Kier molecular flexibility index (Phi) is 4.22. The van der Waals surface area contributed by atoms with Crippen LogP contribution in [0.1, 0.15) is 5.56 Å². The van der Waals surface area contributed by atoms with Gasteiger partial charge in [-0.15, -0.1) is 0 Å². The van der Waals surface area contributed by atoms with Gasteiger partial charge >= 0.3 is 0 Å². The van der Waals surface area contributed by atoms with Gasteiger partial charge in [0.05, 0.1) is 11.2 Å². The lowest BCUT2D eigenvalue weighted by Crippen LogP contribution is -2.23. The monoisotopic (exact) mass is 331 g/mol. The molecule has 0 aliphatic carbocycles. The lowest BCUT2D eigenvalue weighted by atomic mass is 10.2. The molecule has 0 atom stereocenters. The van der Waals surface area contributed by atoms with Crippen molar-refractivity contribution in [3.8, 4) is 5.69 Å². The van der Waals surface area contributed by atoms with Gasteiger partial charge in [0.1, 0.15) is 5.82 Å². The molecule has 0 saturated carbocycles. The number of sulfonamides is 1. The van der Waals surface area contributed by atoms with E-state index in [0.29, 0.717) is 0 Å². The zero-order valence-electron chi connectivity index (χ0n) is 12.1. The van der Waals surface area contributed by atoms with Gasteiger partial charge < -0.3 is 4.57 Å². The third-order valence-electron chi connectivity index (χ3n) is 3.33. The first kappa shape index (κ1) is 15.4. The Balaban J connectivity index is 1.69. The summed E-state index contributed by atoms with van der Waals surface area (Å²) in [6, 6.07) is 12.1. The molecule has 3 aromatic rings. The maximum absolute atomic E-state index is 12.9. The molecule has 0 amide bonds. The molecule has 0 aliphatic rings. The van der Waals surface area contributed by atoms with Crippen molar-refractivity contribution in [2.75, 3.05) is 0 Å². The topological polar surface area (TPSA) is 64.0 Å². The van der Waals surface area contributed by atoms with Gasteiger partial charge in [0.2, 0.25) is 10.0 Å². The van der Waals surface area contributed by atoms with Crippen molar-refractivity contribution in [1.82, 2.24) is 14.3 Å². The smallest absolute Gasteiger partial charge is 0.240 e. The fourth-order valence-electron chi connectivity index (χ4n) is 2.07. The van der Waals surface area contributed by atoms with Crippen LogP contribution in [-0.4, -0.2) is 18.0 Å². The lowest BCUT2D eigenvalue weighted by molar-refractivity contribution is 0.580. The molecule has 1 aromatic heterocycles. The predicted octanol–water partition coefficient (Wildman–Crippen LogP) is 2.49. The van der Waals surface area contributed by atoms with Crippen LogP contribution in [0.3, 0.4) is 0 Å². The van der Waals surface area contributed by atoms with Gasteiger partial charge in [0.15, 0.2) is 0 Å². The fraction of sp³-hybridized carbons (Fsp3) is 0.0625. The van der Waals surface area contributed by atoms with Crippen LogP contribution in [0.5, 0.6) is 0 Å². The van der Waals surface area contributed by atoms with Gasteiger partial charge in [-0.1, -0.05) is 12.1 Å². The summed E-state index contributed by atoms with van der Waals surface area (Å²) in [7, 11) is -3.66. The van der Waals surface area contributed by atoms with E-state index >= 15 is 0 Å². The van der Waals surface area contributed by atoms with E-state index in [4.69, 9.17) is 0 Å². The molecule has 23 heavy (non-hydrogen) atoms. The van der Waals surface area contributed by atoms with Gasteiger partial charge in [-0.05, 0) is 42.0 Å². The molecule has 0 bridgehead atoms. The number of imidazole rings is 1. The molecule has 5 nitrogen and oxygen atoms in total. The van der Waals surface area contributed by atoms with Gasteiger partial charge in [0, 0.05) is 24.6 Å². The van der Waals surface area contributed by atoms with Crippen molar-refractivity contribution in [1.29, 1.82) is 0 Å². The van der Waals surface area contributed by atoms with Gasteiger partial charge in [-0.2, -0.15) is 0 Å². The summed E-state index contributed by atoms with van der Waals surface area (Å²) >= 11 is 0. The van der Waals surface area contributed by atoms with E-state index in [1.165, 1.54) is 12.1 Å². The van der Waals surface area contributed by atoms with E-state index in [1.807, 2.05) is 35.0 Å². The van der Waals surface area contributed by atoms with E-state index < -0.39 is 15.8 Å². The molecule has 1 heterocycles. The number of halogens is 1. The predicted molar refractivity (Wildman–Crippen MR) is 84.0 cm³/mol. The van der Waals surface area contributed by atoms with Crippen molar-refractivity contribution >= 4 is 10.0 Å². The van der Waals surface area contributed by atoms with Crippen LogP contribution < -0.4 is 4.72 Å². The van der Waals surface area contributed by atoms with Crippen LogP contribution in [0.4, 0.5) is 4.39 Å². The molecule has 0 spiro atoms. The third-order valence-corrected chi connectivity index (χ3v) is 4.75. The quantitative estimate of drug-likeness (QED) is 0.781. The molecule has 3 rings (SSSR count). The normalized spacial score (nSPS) is 11.5. The highest BCUT2D eigenvalue weighted by atomic mass is 32.2. The molecule has 118 valence electrons. The van der Waals surface area contributed by atoms with Crippen molar-refractivity contribution in [3.63, 3.8) is 0 Å². The largest absolute Gasteiger partial charge is 0.306 e. The lowest BCUT2D eigenvalue weighted by Gasteiger charge is -2.08. The van der Waals surface area contributed by atoms with Gasteiger partial charge in [-0.25, -0.2) is 22.5 Å². The number of hydrogen-bond donors (Lipinski definition) is 1. The zero-order chi connectivity index (χ0) is 16.3. The highest BCUT2D eigenvalue weighted by molar-refractivity contribution is 7.89. The van der Waals surface area contributed by atoms with E-state index in [1.54, 1.807) is 12.5 Å². The van der Waals surface area contributed by atoms with Gasteiger partial charge in [0.25, 0.3) is 0 Å². The van der Waals surface area contributed by atoms with E-state index in [2.05, 4.69) is 9.71 Å². The number of nitrogens with one attached hydrogen (secondary N) is 1. The van der Waals surface area contributed by atoms with Crippen molar-refractivity contribution < 1.29 is 12.8 Å². The van der Waals surface area contributed by atoms with Crippen LogP contribution in [0, 0.1) is 5.82 Å². The average molecular weight is 331 g/mol. The Labute approximate surface area is 133 Å². The second-order valence-electron chi connectivity index (χ2n) is 4.91. The van der Waals surface area contributed by atoms with E-state index in [0.717, 1.165) is 23.4 Å². The molecule has 0 fully saturated rings. The Hall–Kier alpha value is -2.51. The standard InChI is InChI=1S/C16H14FN3O2S/c17-14-3-7-16(8-4-14)23(21,22)19-11-13-1-5-15(6-2-13)20-10-9-18-12-20/h1-10,12,19H,11H2. The summed E-state index contributed by atoms with van der Waals surface area (Å²) < 4.78 is 41.5. The van der Waals surface area contributed by atoms with E-state index in [-0.39, 0.29) is 11.4 Å². The molecule has 0 aliphatic heterocycles. The summed E-state index contributed by atoms with van der Waals surface area (Å²) in [4.78, 5) is 4.01.